The fourth-order valence-corrected chi connectivity index (χ4v) is 1.89. The fraction of sp³-hybridized carbons (Fsp3) is 0.182. The maximum absolute atomic E-state index is 8.60. The van der Waals surface area contributed by atoms with E-state index in [1.54, 1.807) is 13.2 Å². The molecule has 0 saturated heterocycles. The van der Waals surface area contributed by atoms with Crippen LogP contribution in [-0.4, -0.2) is 28.7 Å². The number of benzene rings is 1. The van der Waals surface area contributed by atoms with Gasteiger partial charge in [0.2, 0.25) is 0 Å². The van der Waals surface area contributed by atoms with Crippen LogP contribution in [0.4, 0.5) is 0 Å². The van der Waals surface area contributed by atoms with Crippen LogP contribution in [0, 0.1) is 10.2 Å². The number of hydrogen-bond donors (Lipinski definition) is 0. The molecular weight excluding hydrogens is 257 g/mol. The van der Waals surface area contributed by atoms with Crippen LogP contribution < -0.4 is 13.9 Å². The molecule has 1 aromatic rings. The summed E-state index contributed by atoms with van der Waals surface area (Å²) in [5.41, 5.74) is 0. The number of nitrogens with zero attached hydrogens (tertiary/aromatic N) is 1. The van der Waals surface area contributed by atoms with Crippen molar-refractivity contribution in [3.05, 3.63) is 30.9 Å². The Bertz CT molecular complexity index is 385. The normalized spacial score (nSPS) is 9.07. The Morgan fingerprint density at radius 3 is 2.93 bits per heavy atom. The summed E-state index contributed by atoms with van der Waals surface area (Å²) in [7, 11) is 1.59. The van der Waals surface area contributed by atoms with E-state index in [1.807, 2.05) is 18.2 Å². The molecular formula is C11H11NO2Se. The third kappa shape index (κ3) is 3.32. The van der Waals surface area contributed by atoms with Gasteiger partial charge >= 0.3 is 95.2 Å². The molecule has 1 rings (SSSR count). The minimum absolute atomic E-state index is 0.168. The first-order valence-corrected chi connectivity index (χ1v) is 6.00. The molecule has 0 unspecified atom stereocenters. The SMILES string of the molecule is C=CCOc1cc([Se]C#N)ccc1OC. The molecule has 0 aliphatic carbocycles. The van der Waals surface area contributed by atoms with Gasteiger partial charge in [-0.1, -0.05) is 0 Å². The average Bonchev–Trinajstić information content (AvgIpc) is 2.27. The van der Waals surface area contributed by atoms with E-state index >= 15 is 0 Å². The topological polar surface area (TPSA) is 42.2 Å². The van der Waals surface area contributed by atoms with Gasteiger partial charge in [-0.3, -0.25) is 0 Å². The fourth-order valence-electron chi connectivity index (χ4n) is 1.03. The molecule has 0 heterocycles. The second kappa shape index (κ2) is 6.13. The molecule has 0 aliphatic heterocycles. The summed E-state index contributed by atoms with van der Waals surface area (Å²) in [5.74, 6) is 1.33. The predicted octanol–water partition coefficient (Wildman–Crippen LogP) is 1.07. The zero-order chi connectivity index (χ0) is 11.1. The van der Waals surface area contributed by atoms with Crippen LogP contribution in [0.15, 0.2) is 30.9 Å². The van der Waals surface area contributed by atoms with Gasteiger partial charge in [-0.15, -0.1) is 0 Å². The molecule has 0 fully saturated rings. The van der Waals surface area contributed by atoms with E-state index < -0.39 is 0 Å². The third-order valence-corrected chi connectivity index (χ3v) is 2.87. The van der Waals surface area contributed by atoms with Gasteiger partial charge in [0.25, 0.3) is 0 Å². The summed E-state index contributed by atoms with van der Waals surface area (Å²) in [6.07, 6.45) is 1.67. The molecule has 0 N–H and O–H groups in total. The Morgan fingerprint density at radius 1 is 1.53 bits per heavy atom. The Labute approximate surface area is 95.5 Å². The van der Waals surface area contributed by atoms with Gasteiger partial charge in [-0.2, -0.15) is 0 Å². The molecule has 0 saturated carbocycles. The Balaban J connectivity index is 2.91. The zero-order valence-corrected chi connectivity index (χ0v) is 10.1. The first-order chi connectivity index (χ1) is 7.31. The van der Waals surface area contributed by atoms with Gasteiger partial charge in [0, 0.05) is 0 Å². The quantitative estimate of drug-likeness (QED) is 0.592. The van der Waals surface area contributed by atoms with Crippen LogP contribution in [0.1, 0.15) is 0 Å². The first kappa shape index (κ1) is 11.6. The van der Waals surface area contributed by atoms with Crippen molar-refractivity contribution in [1.29, 1.82) is 5.26 Å². The van der Waals surface area contributed by atoms with Crippen LogP contribution in [0.3, 0.4) is 0 Å². The number of methoxy groups -OCH3 is 1. The van der Waals surface area contributed by atoms with E-state index in [0.29, 0.717) is 18.1 Å². The summed E-state index contributed by atoms with van der Waals surface area (Å²) < 4.78 is 11.5. The van der Waals surface area contributed by atoms with Gasteiger partial charge in [0.05, 0.1) is 0 Å². The van der Waals surface area contributed by atoms with E-state index in [0.717, 1.165) is 4.46 Å². The number of ether oxygens (including phenoxy) is 2. The van der Waals surface area contributed by atoms with Gasteiger partial charge in [0.1, 0.15) is 0 Å². The Kier molecular flexibility index (Phi) is 4.76. The molecule has 0 amide bonds. The van der Waals surface area contributed by atoms with Crippen molar-refractivity contribution in [1.82, 2.24) is 0 Å². The number of rotatable bonds is 5. The molecule has 0 aliphatic rings. The molecule has 0 bridgehead atoms. The van der Waals surface area contributed by atoms with Crippen LogP contribution in [0.5, 0.6) is 11.5 Å². The van der Waals surface area contributed by atoms with Crippen LogP contribution in [0.25, 0.3) is 0 Å². The molecule has 15 heavy (non-hydrogen) atoms. The molecule has 78 valence electrons. The summed E-state index contributed by atoms with van der Waals surface area (Å²) >= 11 is -0.168. The maximum atomic E-state index is 8.60. The van der Waals surface area contributed by atoms with Crippen LogP contribution in [-0.2, 0) is 0 Å². The van der Waals surface area contributed by atoms with E-state index in [2.05, 4.69) is 11.5 Å². The van der Waals surface area contributed by atoms with Crippen LogP contribution in [0.2, 0.25) is 0 Å². The van der Waals surface area contributed by atoms with Crippen molar-refractivity contribution in [3.63, 3.8) is 0 Å². The zero-order valence-electron chi connectivity index (χ0n) is 8.40. The van der Waals surface area contributed by atoms with Crippen LogP contribution >= 0.6 is 0 Å². The van der Waals surface area contributed by atoms with Crippen molar-refractivity contribution in [2.75, 3.05) is 13.7 Å². The molecule has 0 spiro atoms. The first-order valence-electron chi connectivity index (χ1n) is 4.29. The van der Waals surface area contributed by atoms with Gasteiger partial charge in [0.15, 0.2) is 0 Å². The van der Waals surface area contributed by atoms with E-state index in [9.17, 15) is 0 Å². The molecule has 0 atom stereocenters. The Morgan fingerprint density at radius 2 is 2.33 bits per heavy atom. The second-order valence-electron chi connectivity index (χ2n) is 2.61. The monoisotopic (exact) mass is 269 g/mol. The number of nitriles is 1. The molecule has 1 aromatic carbocycles. The van der Waals surface area contributed by atoms with E-state index in [1.165, 1.54) is 0 Å². The van der Waals surface area contributed by atoms with Gasteiger partial charge < -0.3 is 0 Å². The van der Waals surface area contributed by atoms with Gasteiger partial charge in [-0.05, 0) is 0 Å². The third-order valence-electron chi connectivity index (χ3n) is 1.66. The Hall–Kier alpha value is -1.43. The van der Waals surface area contributed by atoms with E-state index in [4.69, 9.17) is 14.7 Å². The van der Waals surface area contributed by atoms with Gasteiger partial charge in [-0.25, -0.2) is 0 Å². The molecule has 0 radical (unpaired) electrons. The van der Waals surface area contributed by atoms with Crippen molar-refractivity contribution in [2.24, 2.45) is 0 Å². The average molecular weight is 268 g/mol. The summed E-state index contributed by atoms with van der Waals surface area (Å²) in [5, 5.41) is 8.60. The number of hydrogen-bond acceptors (Lipinski definition) is 3. The second-order valence-corrected chi connectivity index (χ2v) is 4.41. The molecule has 0 aromatic heterocycles. The molecule has 3 nitrogen and oxygen atoms in total. The summed E-state index contributed by atoms with van der Waals surface area (Å²) in [6, 6.07) is 5.53. The standard InChI is InChI=1S/C11H11NO2Se/c1-3-6-14-11-7-9(15-8-12)4-5-10(11)13-2/h3-5,7H,1,6H2,2H3. The summed E-state index contributed by atoms with van der Waals surface area (Å²) in [4.78, 5) is 2.15. The van der Waals surface area contributed by atoms with Crippen molar-refractivity contribution in [2.45, 2.75) is 0 Å². The van der Waals surface area contributed by atoms with Crippen molar-refractivity contribution in [3.8, 4) is 16.5 Å². The molecule has 4 heteroatoms. The predicted molar refractivity (Wildman–Crippen MR) is 59.7 cm³/mol. The van der Waals surface area contributed by atoms with Crippen molar-refractivity contribution < 1.29 is 9.47 Å². The summed E-state index contributed by atoms with van der Waals surface area (Å²) in [6.45, 7) is 4.01. The minimum atomic E-state index is -0.168. The van der Waals surface area contributed by atoms with E-state index in [-0.39, 0.29) is 15.0 Å². The van der Waals surface area contributed by atoms with Crippen molar-refractivity contribution >= 4 is 19.4 Å².